The van der Waals surface area contributed by atoms with Gasteiger partial charge in [-0.25, -0.2) is 0 Å². The Morgan fingerprint density at radius 2 is 2.14 bits per heavy atom. The zero-order valence-corrected chi connectivity index (χ0v) is 13.8. The maximum Gasteiger partial charge on any atom is 0.222 e. The molecule has 0 aliphatic carbocycles. The smallest absolute Gasteiger partial charge is 0.222 e. The Kier molecular flexibility index (Phi) is 7.93. The minimum atomic E-state index is -0.947. The van der Waals surface area contributed by atoms with Crippen LogP contribution in [0.15, 0.2) is 30.3 Å². The summed E-state index contributed by atoms with van der Waals surface area (Å²) in [7, 11) is -0.947. The molecule has 1 aromatic rings. The fourth-order valence-electron chi connectivity index (χ4n) is 2.55. The zero-order chi connectivity index (χ0) is 14.4. The lowest BCUT2D eigenvalue weighted by molar-refractivity contribution is -0.122. The van der Waals surface area contributed by atoms with Crippen LogP contribution in [0.4, 0.5) is 0 Å². The predicted octanol–water partition coefficient (Wildman–Crippen LogP) is 1.79. The lowest BCUT2D eigenvalue weighted by Crippen LogP contribution is -2.36. The number of hydrogen-bond donors (Lipinski definition) is 2. The molecule has 2 rings (SSSR count). The number of nitrogens with one attached hydrogen (secondary N) is 2. The number of halogens is 1. The Hall–Kier alpha value is -0.910. The van der Waals surface area contributed by atoms with Crippen molar-refractivity contribution in [2.45, 2.75) is 31.3 Å². The Labute approximate surface area is 134 Å². The summed E-state index contributed by atoms with van der Waals surface area (Å²) >= 11 is 0. The molecule has 1 saturated heterocycles. The molecule has 2 N–H and O–H groups in total. The third-order valence-electron chi connectivity index (χ3n) is 3.53. The molecule has 4 nitrogen and oxygen atoms in total. The Balaban J connectivity index is 0.00000220. The molecule has 0 aromatic heterocycles. The first-order chi connectivity index (χ1) is 9.65. The van der Waals surface area contributed by atoms with Crippen LogP contribution in [0.3, 0.4) is 0 Å². The molecule has 3 unspecified atom stereocenters. The molecule has 0 spiro atoms. The highest BCUT2D eigenvalue weighted by atomic mass is 35.5. The number of amides is 1. The SMILES string of the molecule is CS(=O)CC(NC(=O)CC1CCCN1)c1ccccc1.Cl. The van der Waals surface area contributed by atoms with E-state index in [2.05, 4.69) is 10.6 Å². The van der Waals surface area contributed by atoms with E-state index in [9.17, 15) is 9.00 Å². The minimum Gasteiger partial charge on any atom is -0.348 e. The standard InChI is InChI=1S/C15H22N2O2S.ClH/c1-20(19)11-14(12-6-3-2-4-7-12)17-15(18)10-13-8-5-9-16-13;/h2-4,6-7,13-14,16H,5,8-11H2,1H3,(H,17,18);1H. The maximum absolute atomic E-state index is 12.1. The summed E-state index contributed by atoms with van der Waals surface area (Å²) in [4.78, 5) is 12.1. The van der Waals surface area contributed by atoms with E-state index in [4.69, 9.17) is 0 Å². The van der Waals surface area contributed by atoms with Crippen molar-refractivity contribution >= 4 is 29.1 Å². The highest BCUT2D eigenvalue weighted by Gasteiger charge is 2.21. The summed E-state index contributed by atoms with van der Waals surface area (Å²) < 4.78 is 11.5. The largest absolute Gasteiger partial charge is 0.348 e. The highest BCUT2D eigenvalue weighted by molar-refractivity contribution is 7.84. The van der Waals surface area contributed by atoms with Gasteiger partial charge in [0.15, 0.2) is 0 Å². The molecule has 3 atom stereocenters. The molecular weight excluding hydrogens is 308 g/mol. The van der Waals surface area contributed by atoms with E-state index in [0.29, 0.717) is 18.2 Å². The van der Waals surface area contributed by atoms with Crippen molar-refractivity contribution < 1.29 is 9.00 Å². The monoisotopic (exact) mass is 330 g/mol. The van der Waals surface area contributed by atoms with Crippen LogP contribution in [0, 0.1) is 0 Å². The number of hydrogen-bond acceptors (Lipinski definition) is 3. The van der Waals surface area contributed by atoms with E-state index in [1.54, 1.807) is 6.26 Å². The van der Waals surface area contributed by atoms with Crippen molar-refractivity contribution in [2.75, 3.05) is 18.6 Å². The summed E-state index contributed by atoms with van der Waals surface area (Å²) in [5, 5.41) is 6.34. The van der Waals surface area contributed by atoms with Gasteiger partial charge in [-0.2, -0.15) is 0 Å². The van der Waals surface area contributed by atoms with Gasteiger partial charge >= 0.3 is 0 Å². The molecule has 1 aliphatic heterocycles. The second-order valence-corrected chi connectivity index (χ2v) is 6.75. The average molecular weight is 331 g/mol. The fourth-order valence-corrected chi connectivity index (χ4v) is 3.29. The van der Waals surface area contributed by atoms with Gasteiger partial charge in [0.1, 0.15) is 0 Å². The van der Waals surface area contributed by atoms with E-state index in [1.165, 1.54) is 0 Å². The Bertz CT molecular complexity index is 464. The normalized spacial score (nSPS) is 20.3. The molecule has 0 saturated carbocycles. The van der Waals surface area contributed by atoms with E-state index in [0.717, 1.165) is 24.9 Å². The average Bonchev–Trinajstić information content (AvgIpc) is 2.91. The second kappa shape index (κ2) is 9.18. The molecular formula is C15H23ClN2O2S. The van der Waals surface area contributed by atoms with Gasteiger partial charge in [0.25, 0.3) is 0 Å². The van der Waals surface area contributed by atoms with Crippen molar-refractivity contribution in [1.82, 2.24) is 10.6 Å². The third kappa shape index (κ3) is 6.16. The summed E-state index contributed by atoms with van der Waals surface area (Å²) in [6.07, 6.45) is 4.36. The first-order valence-electron chi connectivity index (χ1n) is 7.03. The quantitative estimate of drug-likeness (QED) is 0.836. The van der Waals surface area contributed by atoms with Crippen LogP contribution in [0.1, 0.15) is 30.9 Å². The first-order valence-corrected chi connectivity index (χ1v) is 8.75. The van der Waals surface area contributed by atoms with Crippen LogP contribution < -0.4 is 10.6 Å². The number of rotatable bonds is 6. The molecule has 1 amide bonds. The van der Waals surface area contributed by atoms with Gasteiger partial charge in [-0.1, -0.05) is 30.3 Å². The van der Waals surface area contributed by atoms with E-state index in [-0.39, 0.29) is 24.4 Å². The summed E-state index contributed by atoms with van der Waals surface area (Å²) in [5.41, 5.74) is 1.01. The molecule has 118 valence electrons. The Morgan fingerprint density at radius 1 is 1.43 bits per heavy atom. The van der Waals surface area contributed by atoms with Gasteiger partial charge in [-0.05, 0) is 24.9 Å². The number of benzene rings is 1. The van der Waals surface area contributed by atoms with Crippen LogP contribution in [-0.2, 0) is 15.6 Å². The molecule has 6 heteroatoms. The predicted molar refractivity (Wildman–Crippen MR) is 89.1 cm³/mol. The third-order valence-corrected chi connectivity index (χ3v) is 4.34. The number of carbonyl (C=O) groups is 1. The lowest BCUT2D eigenvalue weighted by Gasteiger charge is -2.19. The molecule has 21 heavy (non-hydrogen) atoms. The molecule has 0 bridgehead atoms. The van der Waals surface area contributed by atoms with Crippen molar-refractivity contribution in [3.05, 3.63) is 35.9 Å². The van der Waals surface area contributed by atoms with Crippen molar-refractivity contribution in [2.24, 2.45) is 0 Å². The van der Waals surface area contributed by atoms with Gasteiger partial charge < -0.3 is 10.6 Å². The molecule has 1 heterocycles. The van der Waals surface area contributed by atoms with Crippen molar-refractivity contribution in [1.29, 1.82) is 0 Å². The van der Waals surface area contributed by atoms with Crippen molar-refractivity contribution in [3.63, 3.8) is 0 Å². The van der Waals surface area contributed by atoms with Gasteiger partial charge in [0.05, 0.1) is 6.04 Å². The summed E-state index contributed by atoms with van der Waals surface area (Å²) in [6, 6.07) is 9.86. The van der Waals surface area contributed by atoms with Gasteiger partial charge in [0.2, 0.25) is 5.91 Å². The van der Waals surface area contributed by atoms with Gasteiger partial charge in [0, 0.05) is 35.3 Å². The number of carbonyl (C=O) groups excluding carboxylic acids is 1. The van der Waals surface area contributed by atoms with Crippen LogP contribution in [0.2, 0.25) is 0 Å². The first kappa shape index (κ1) is 18.1. The molecule has 1 aliphatic rings. The van der Waals surface area contributed by atoms with Crippen LogP contribution >= 0.6 is 12.4 Å². The molecule has 1 fully saturated rings. The van der Waals surface area contributed by atoms with Crippen LogP contribution in [0.25, 0.3) is 0 Å². The summed E-state index contributed by atoms with van der Waals surface area (Å²) in [6.45, 7) is 0.999. The van der Waals surface area contributed by atoms with E-state index >= 15 is 0 Å². The lowest BCUT2D eigenvalue weighted by atomic mass is 10.1. The molecule has 0 radical (unpaired) electrons. The van der Waals surface area contributed by atoms with Crippen LogP contribution in [-0.4, -0.2) is 34.7 Å². The summed E-state index contributed by atoms with van der Waals surface area (Å²) in [5.74, 6) is 0.483. The second-order valence-electron chi connectivity index (χ2n) is 5.27. The van der Waals surface area contributed by atoms with E-state index in [1.807, 2.05) is 30.3 Å². The molecule has 1 aromatic carbocycles. The fraction of sp³-hybridized carbons (Fsp3) is 0.533. The topological polar surface area (TPSA) is 58.2 Å². The van der Waals surface area contributed by atoms with Gasteiger partial charge in [-0.3, -0.25) is 9.00 Å². The van der Waals surface area contributed by atoms with Gasteiger partial charge in [-0.15, -0.1) is 12.4 Å². The van der Waals surface area contributed by atoms with E-state index < -0.39 is 10.8 Å². The highest BCUT2D eigenvalue weighted by Crippen LogP contribution is 2.15. The zero-order valence-electron chi connectivity index (χ0n) is 12.2. The van der Waals surface area contributed by atoms with Crippen molar-refractivity contribution in [3.8, 4) is 0 Å². The Morgan fingerprint density at radius 3 is 2.71 bits per heavy atom. The van der Waals surface area contributed by atoms with Crippen LogP contribution in [0.5, 0.6) is 0 Å². The maximum atomic E-state index is 12.1. The minimum absolute atomic E-state index is 0.